The van der Waals surface area contributed by atoms with Gasteiger partial charge in [-0.05, 0) is 48.9 Å². The molecule has 1 aromatic rings. The molecule has 0 unspecified atom stereocenters. The van der Waals surface area contributed by atoms with Crippen molar-refractivity contribution in [2.75, 3.05) is 11.9 Å². The average Bonchev–Trinajstić information content (AvgIpc) is 3.06. The summed E-state index contributed by atoms with van der Waals surface area (Å²) in [5.41, 5.74) is 3.60. The summed E-state index contributed by atoms with van der Waals surface area (Å²) in [6.07, 6.45) is 8.14. The molecule has 3 rings (SSSR count). The maximum Gasteiger partial charge on any atom is 0.319 e. The molecule has 0 radical (unpaired) electrons. The molecule has 3 N–H and O–H groups in total. The Morgan fingerprint density at radius 1 is 1.25 bits per heavy atom. The van der Waals surface area contributed by atoms with Gasteiger partial charge in [-0.3, -0.25) is 0 Å². The standard InChI is InChI=1S/C16H20N2O2/c19-10-11-4-6-14(8-11)17-16(20)18-15-7-5-12-2-1-3-13(12)9-15/h4-7,9,11,14,19H,1-3,8,10H2,(H2,17,18,20)/t11-,14+/m0/s1. The summed E-state index contributed by atoms with van der Waals surface area (Å²) >= 11 is 0. The number of aryl methyl sites for hydroxylation is 2. The summed E-state index contributed by atoms with van der Waals surface area (Å²) in [6.45, 7) is 0.140. The Kier molecular flexibility index (Phi) is 3.74. The molecule has 2 atom stereocenters. The predicted molar refractivity (Wildman–Crippen MR) is 78.7 cm³/mol. The zero-order chi connectivity index (χ0) is 13.9. The normalized spacial score (nSPS) is 23.6. The molecule has 20 heavy (non-hydrogen) atoms. The third-order valence-corrected chi connectivity index (χ3v) is 4.08. The van der Waals surface area contributed by atoms with E-state index in [1.54, 1.807) is 0 Å². The molecule has 0 saturated carbocycles. The van der Waals surface area contributed by atoms with E-state index in [0.29, 0.717) is 0 Å². The van der Waals surface area contributed by atoms with Gasteiger partial charge in [-0.25, -0.2) is 4.79 Å². The second kappa shape index (κ2) is 5.67. The fraction of sp³-hybridized carbons (Fsp3) is 0.438. The molecule has 1 aromatic carbocycles. The van der Waals surface area contributed by atoms with Crippen molar-refractivity contribution in [2.24, 2.45) is 5.92 Å². The molecule has 2 aliphatic rings. The van der Waals surface area contributed by atoms with Crippen LogP contribution in [0.2, 0.25) is 0 Å². The number of hydrogen-bond acceptors (Lipinski definition) is 2. The highest BCUT2D eigenvalue weighted by atomic mass is 16.3. The van der Waals surface area contributed by atoms with Crippen molar-refractivity contribution in [3.05, 3.63) is 41.5 Å². The van der Waals surface area contributed by atoms with Crippen molar-refractivity contribution < 1.29 is 9.90 Å². The number of urea groups is 1. The number of fused-ring (bicyclic) bond motifs is 1. The summed E-state index contributed by atoms with van der Waals surface area (Å²) in [7, 11) is 0. The van der Waals surface area contributed by atoms with Crippen LogP contribution in [0, 0.1) is 5.92 Å². The van der Waals surface area contributed by atoms with Crippen LogP contribution in [0.4, 0.5) is 10.5 Å². The van der Waals surface area contributed by atoms with E-state index in [1.165, 1.54) is 17.5 Å². The van der Waals surface area contributed by atoms with E-state index in [1.807, 2.05) is 18.2 Å². The predicted octanol–water partition coefficient (Wildman–Crippen LogP) is 2.23. The molecule has 0 fully saturated rings. The van der Waals surface area contributed by atoms with Crippen molar-refractivity contribution in [1.29, 1.82) is 0 Å². The first-order chi connectivity index (χ1) is 9.74. The number of aliphatic hydroxyl groups excluding tert-OH is 1. The Morgan fingerprint density at radius 2 is 2.10 bits per heavy atom. The number of benzene rings is 1. The van der Waals surface area contributed by atoms with Crippen molar-refractivity contribution in [1.82, 2.24) is 5.32 Å². The molecule has 0 aliphatic heterocycles. The maximum absolute atomic E-state index is 11.9. The Labute approximate surface area is 118 Å². The Hall–Kier alpha value is -1.81. The SMILES string of the molecule is O=C(Nc1ccc2c(c1)CCC2)N[C@@H]1C=C[C@H](CO)C1. The van der Waals surface area contributed by atoms with Gasteiger partial charge in [-0.1, -0.05) is 18.2 Å². The van der Waals surface area contributed by atoms with Crippen LogP contribution >= 0.6 is 0 Å². The highest BCUT2D eigenvalue weighted by Crippen LogP contribution is 2.25. The first-order valence-electron chi connectivity index (χ1n) is 7.23. The second-order valence-corrected chi connectivity index (χ2v) is 5.61. The van der Waals surface area contributed by atoms with Crippen LogP contribution in [-0.4, -0.2) is 23.8 Å². The topological polar surface area (TPSA) is 61.4 Å². The summed E-state index contributed by atoms with van der Waals surface area (Å²) in [4.78, 5) is 11.9. The molecule has 4 nitrogen and oxygen atoms in total. The van der Waals surface area contributed by atoms with Crippen LogP contribution in [-0.2, 0) is 12.8 Å². The summed E-state index contributed by atoms with van der Waals surface area (Å²) < 4.78 is 0. The van der Waals surface area contributed by atoms with Gasteiger partial charge in [0.05, 0.1) is 0 Å². The molecule has 0 spiro atoms. The van der Waals surface area contributed by atoms with E-state index in [9.17, 15) is 4.79 Å². The lowest BCUT2D eigenvalue weighted by Gasteiger charge is -2.14. The lowest BCUT2D eigenvalue weighted by Crippen LogP contribution is -2.36. The van der Waals surface area contributed by atoms with Crippen LogP contribution in [0.5, 0.6) is 0 Å². The Morgan fingerprint density at radius 3 is 2.90 bits per heavy atom. The van der Waals surface area contributed by atoms with Crippen molar-refractivity contribution in [2.45, 2.75) is 31.7 Å². The zero-order valence-corrected chi connectivity index (χ0v) is 11.4. The van der Waals surface area contributed by atoms with Gasteiger partial charge in [-0.15, -0.1) is 0 Å². The first kappa shape index (κ1) is 13.2. The Bertz CT molecular complexity index is 539. The van der Waals surface area contributed by atoms with Gasteiger partial charge in [0, 0.05) is 24.3 Å². The molecule has 2 amide bonds. The third kappa shape index (κ3) is 2.85. The molecule has 0 saturated heterocycles. The summed E-state index contributed by atoms with van der Waals surface area (Å²) in [5, 5.41) is 14.9. The number of carbonyl (C=O) groups is 1. The molecule has 0 heterocycles. The quantitative estimate of drug-likeness (QED) is 0.739. The number of aliphatic hydroxyl groups is 1. The van der Waals surface area contributed by atoms with Gasteiger partial charge in [0.25, 0.3) is 0 Å². The first-order valence-corrected chi connectivity index (χ1v) is 7.23. The Balaban J connectivity index is 1.55. The van der Waals surface area contributed by atoms with E-state index in [-0.39, 0.29) is 24.6 Å². The molecular formula is C16H20N2O2. The zero-order valence-electron chi connectivity index (χ0n) is 11.4. The number of amides is 2. The van der Waals surface area contributed by atoms with E-state index in [2.05, 4.69) is 22.8 Å². The molecule has 0 bridgehead atoms. The lowest BCUT2D eigenvalue weighted by molar-refractivity contribution is 0.238. The van der Waals surface area contributed by atoms with Crippen LogP contribution < -0.4 is 10.6 Å². The minimum atomic E-state index is -0.184. The minimum Gasteiger partial charge on any atom is -0.396 e. The van der Waals surface area contributed by atoms with E-state index in [4.69, 9.17) is 5.11 Å². The number of anilines is 1. The molecule has 2 aliphatic carbocycles. The van der Waals surface area contributed by atoms with Crippen molar-refractivity contribution >= 4 is 11.7 Å². The van der Waals surface area contributed by atoms with Gasteiger partial charge in [0.15, 0.2) is 0 Å². The third-order valence-electron chi connectivity index (χ3n) is 4.08. The van der Waals surface area contributed by atoms with Gasteiger partial charge >= 0.3 is 6.03 Å². The largest absolute Gasteiger partial charge is 0.396 e. The highest BCUT2D eigenvalue weighted by Gasteiger charge is 2.20. The van der Waals surface area contributed by atoms with Gasteiger partial charge in [-0.2, -0.15) is 0 Å². The van der Waals surface area contributed by atoms with E-state index >= 15 is 0 Å². The number of hydrogen-bond donors (Lipinski definition) is 3. The van der Waals surface area contributed by atoms with Crippen LogP contribution in [0.3, 0.4) is 0 Å². The summed E-state index contributed by atoms with van der Waals surface area (Å²) in [6, 6.07) is 5.97. The van der Waals surface area contributed by atoms with Gasteiger partial charge in [0.2, 0.25) is 0 Å². The minimum absolute atomic E-state index is 0.0153. The van der Waals surface area contributed by atoms with Gasteiger partial charge in [0.1, 0.15) is 0 Å². The smallest absolute Gasteiger partial charge is 0.319 e. The fourth-order valence-electron chi connectivity index (χ4n) is 3.00. The van der Waals surface area contributed by atoms with E-state index < -0.39 is 0 Å². The number of rotatable bonds is 3. The fourth-order valence-corrected chi connectivity index (χ4v) is 3.00. The van der Waals surface area contributed by atoms with Crippen LogP contribution in [0.25, 0.3) is 0 Å². The van der Waals surface area contributed by atoms with Crippen LogP contribution in [0.15, 0.2) is 30.4 Å². The molecule has 4 heteroatoms. The lowest BCUT2D eigenvalue weighted by atomic mass is 10.1. The average molecular weight is 272 g/mol. The van der Waals surface area contributed by atoms with Crippen molar-refractivity contribution in [3.63, 3.8) is 0 Å². The van der Waals surface area contributed by atoms with E-state index in [0.717, 1.165) is 24.9 Å². The second-order valence-electron chi connectivity index (χ2n) is 5.61. The molecule has 0 aromatic heterocycles. The molecular weight excluding hydrogens is 252 g/mol. The van der Waals surface area contributed by atoms with Crippen LogP contribution in [0.1, 0.15) is 24.0 Å². The molecule has 106 valence electrons. The number of carbonyl (C=O) groups excluding carboxylic acids is 1. The number of nitrogens with one attached hydrogen (secondary N) is 2. The van der Waals surface area contributed by atoms with Gasteiger partial charge < -0.3 is 15.7 Å². The maximum atomic E-state index is 11.9. The summed E-state index contributed by atoms with van der Waals surface area (Å²) in [5.74, 6) is 0.167. The van der Waals surface area contributed by atoms with Crippen molar-refractivity contribution in [3.8, 4) is 0 Å². The highest BCUT2D eigenvalue weighted by molar-refractivity contribution is 5.89. The monoisotopic (exact) mass is 272 g/mol.